The van der Waals surface area contributed by atoms with Crippen molar-refractivity contribution in [3.8, 4) is 11.5 Å². The topological polar surface area (TPSA) is 26.3 Å². The van der Waals surface area contributed by atoms with Crippen LogP contribution in [0.1, 0.15) is 10.4 Å². The van der Waals surface area contributed by atoms with Crippen molar-refractivity contribution in [1.29, 1.82) is 0 Å². The molecule has 0 aliphatic rings. The van der Waals surface area contributed by atoms with Crippen molar-refractivity contribution in [3.05, 3.63) is 57.3 Å². The predicted molar refractivity (Wildman–Crippen MR) is 71.0 cm³/mol. The summed E-state index contributed by atoms with van der Waals surface area (Å²) in [6, 6.07) is 9.07. The van der Waals surface area contributed by atoms with Crippen LogP contribution in [0.3, 0.4) is 0 Å². The van der Waals surface area contributed by atoms with Gasteiger partial charge in [0.15, 0.2) is 17.9 Å². The third-order valence-electron chi connectivity index (χ3n) is 2.23. The number of hydrogen-bond acceptors (Lipinski definition) is 2. The maximum atomic E-state index is 13.6. The van der Waals surface area contributed by atoms with E-state index in [0.29, 0.717) is 11.3 Å². The molecule has 0 amide bonds. The highest BCUT2D eigenvalue weighted by Crippen LogP contribution is 2.34. The maximum absolute atomic E-state index is 13.6. The van der Waals surface area contributed by atoms with Gasteiger partial charge in [-0.1, -0.05) is 33.6 Å². The van der Waals surface area contributed by atoms with Gasteiger partial charge in [0.2, 0.25) is 0 Å². The Hall–Kier alpha value is -1.39. The van der Waals surface area contributed by atoms with Gasteiger partial charge in [0.25, 0.3) is 0 Å². The monoisotopic (exact) mass is 328 g/mol. The SMILES string of the molecule is O=Cc1cccc(F)c1Oc1cc(Br)ccc1Cl. The molecule has 18 heavy (non-hydrogen) atoms. The minimum absolute atomic E-state index is 0.131. The standard InChI is InChI=1S/C13H7BrClFO2/c14-9-4-5-10(15)12(6-9)18-13-8(7-17)2-1-3-11(13)16/h1-7H. The summed E-state index contributed by atoms with van der Waals surface area (Å²) in [6.45, 7) is 0. The van der Waals surface area contributed by atoms with Crippen LogP contribution in [0.25, 0.3) is 0 Å². The molecule has 0 unspecified atom stereocenters. The van der Waals surface area contributed by atoms with Crippen LogP contribution in [0, 0.1) is 5.82 Å². The minimum Gasteiger partial charge on any atom is -0.452 e. The third-order valence-corrected chi connectivity index (χ3v) is 3.04. The summed E-state index contributed by atoms with van der Waals surface area (Å²) in [6.07, 6.45) is 0.532. The van der Waals surface area contributed by atoms with E-state index in [1.165, 1.54) is 18.2 Å². The van der Waals surface area contributed by atoms with E-state index in [0.717, 1.165) is 4.47 Å². The van der Waals surface area contributed by atoms with Crippen molar-refractivity contribution < 1.29 is 13.9 Å². The second kappa shape index (κ2) is 5.50. The van der Waals surface area contributed by atoms with Gasteiger partial charge in [-0.05, 0) is 30.3 Å². The van der Waals surface area contributed by atoms with Crippen LogP contribution in [-0.4, -0.2) is 6.29 Å². The normalized spacial score (nSPS) is 10.2. The first-order valence-electron chi connectivity index (χ1n) is 4.98. The van der Waals surface area contributed by atoms with Crippen LogP contribution in [0.5, 0.6) is 11.5 Å². The molecule has 0 spiro atoms. The zero-order valence-electron chi connectivity index (χ0n) is 8.99. The van der Waals surface area contributed by atoms with Crippen molar-refractivity contribution in [2.24, 2.45) is 0 Å². The van der Waals surface area contributed by atoms with Gasteiger partial charge in [0.1, 0.15) is 5.75 Å². The van der Waals surface area contributed by atoms with Crippen LogP contribution >= 0.6 is 27.5 Å². The lowest BCUT2D eigenvalue weighted by Gasteiger charge is -2.10. The molecule has 2 aromatic carbocycles. The molecule has 0 aliphatic heterocycles. The van der Waals surface area contributed by atoms with E-state index in [-0.39, 0.29) is 17.1 Å². The average Bonchev–Trinajstić information content (AvgIpc) is 2.36. The summed E-state index contributed by atoms with van der Waals surface area (Å²) in [5.41, 5.74) is 0.131. The fraction of sp³-hybridized carbons (Fsp3) is 0. The molecule has 92 valence electrons. The molecule has 0 fully saturated rings. The van der Waals surface area contributed by atoms with Gasteiger partial charge < -0.3 is 4.74 Å². The summed E-state index contributed by atoms with van der Waals surface area (Å²) in [5, 5.41) is 0.332. The summed E-state index contributed by atoms with van der Waals surface area (Å²) in [4.78, 5) is 10.8. The summed E-state index contributed by atoms with van der Waals surface area (Å²) in [5.74, 6) is -0.470. The highest BCUT2D eigenvalue weighted by atomic mass is 79.9. The summed E-state index contributed by atoms with van der Waals surface area (Å²) < 4.78 is 19.7. The van der Waals surface area contributed by atoms with Crippen molar-refractivity contribution in [2.75, 3.05) is 0 Å². The predicted octanol–water partition coefficient (Wildman–Crippen LogP) is 4.85. The molecule has 0 saturated heterocycles. The molecule has 0 radical (unpaired) electrons. The first-order chi connectivity index (χ1) is 8.61. The number of halogens is 3. The summed E-state index contributed by atoms with van der Waals surface area (Å²) in [7, 11) is 0. The Morgan fingerprint density at radius 3 is 2.78 bits per heavy atom. The molecule has 2 nitrogen and oxygen atoms in total. The van der Waals surface area contributed by atoms with Gasteiger partial charge >= 0.3 is 0 Å². The number of carbonyl (C=O) groups excluding carboxylic acids is 1. The van der Waals surface area contributed by atoms with Gasteiger partial charge in [0, 0.05) is 4.47 Å². The molecule has 2 rings (SSSR count). The van der Waals surface area contributed by atoms with Crippen LogP contribution in [0.4, 0.5) is 4.39 Å². The van der Waals surface area contributed by atoms with E-state index in [1.54, 1.807) is 18.2 Å². The number of aldehydes is 1. The van der Waals surface area contributed by atoms with Crippen molar-refractivity contribution in [1.82, 2.24) is 0 Å². The molecular weight excluding hydrogens is 322 g/mol. The van der Waals surface area contributed by atoms with Crippen LogP contribution in [-0.2, 0) is 0 Å². The highest BCUT2D eigenvalue weighted by Gasteiger charge is 2.12. The molecule has 0 atom stereocenters. The van der Waals surface area contributed by atoms with Crippen LogP contribution < -0.4 is 4.74 Å². The van der Waals surface area contributed by atoms with E-state index in [1.807, 2.05) is 0 Å². The molecule has 0 N–H and O–H groups in total. The number of para-hydroxylation sites is 1. The largest absolute Gasteiger partial charge is 0.452 e. The lowest BCUT2D eigenvalue weighted by molar-refractivity contribution is 0.112. The number of hydrogen-bond donors (Lipinski definition) is 0. The molecule has 0 aromatic heterocycles. The van der Waals surface area contributed by atoms with Crippen LogP contribution in [0.2, 0.25) is 5.02 Å². The molecular formula is C13H7BrClFO2. The zero-order chi connectivity index (χ0) is 13.1. The number of rotatable bonds is 3. The van der Waals surface area contributed by atoms with Gasteiger partial charge in [-0.3, -0.25) is 4.79 Å². The first-order valence-corrected chi connectivity index (χ1v) is 6.15. The highest BCUT2D eigenvalue weighted by molar-refractivity contribution is 9.10. The number of carbonyl (C=O) groups is 1. The Bertz CT molecular complexity index is 602. The van der Waals surface area contributed by atoms with E-state index < -0.39 is 5.82 Å². The molecule has 0 saturated carbocycles. The fourth-order valence-corrected chi connectivity index (χ4v) is 1.89. The molecule has 0 bridgehead atoms. The van der Waals surface area contributed by atoms with Crippen molar-refractivity contribution >= 4 is 33.8 Å². The van der Waals surface area contributed by atoms with Crippen LogP contribution in [0.15, 0.2) is 40.9 Å². The first kappa shape index (κ1) is 13.1. The lowest BCUT2D eigenvalue weighted by atomic mass is 10.2. The van der Waals surface area contributed by atoms with Gasteiger partial charge in [-0.25, -0.2) is 4.39 Å². The fourth-order valence-electron chi connectivity index (χ4n) is 1.39. The Kier molecular flexibility index (Phi) is 3.99. The Morgan fingerprint density at radius 1 is 1.28 bits per heavy atom. The van der Waals surface area contributed by atoms with Gasteiger partial charge in [-0.2, -0.15) is 0 Å². The Labute approximate surface area is 116 Å². The molecule has 0 aliphatic carbocycles. The van der Waals surface area contributed by atoms with Gasteiger partial charge in [-0.15, -0.1) is 0 Å². The zero-order valence-corrected chi connectivity index (χ0v) is 11.3. The lowest BCUT2D eigenvalue weighted by Crippen LogP contribution is -1.94. The van der Waals surface area contributed by atoms with E-state index in [9.17, 15) is 9.18 Å². The van der Waals surface area contributed by atoms with Crippen molar-refractivity contribution in [2.45, 2.75) is 0 Å². The second-order valence-corrected chi connectivity index (χ2v) is 4.78. The quantitative estimate of drug-likeness (QED) is 0.753. The number of benzene rings is 2. The smallest absolute Gasteiger partial charge is 0.173 e. The summed E-state index contributed by atoms with van der Waals surface area (Å²) >= 11 is 9.20. The average molecular weight is 330 g/mol. The second-order valence-electron chi connectivity index (χ2n) is 3.45. The minimum atomic E-state index is -0.615. The van der Waals surface area contributed by atoms with Gasteiger partial charge in [0.05, 0.1) is 10.6 Å². The van der Waals surface area contributed by atoms with E-state index in [4.69, 9.17) is 16.3 Å². The Morgan fingerprint density at radius 2 is 2.06 bits per heavy atom. The molecule has 5 heteroatoms. The third kappa shape index (κ3) is 2.71. The molecule has 2 aromatic rings. The number of ether oxygens (including phenoxy) is 1. The van der Waals surface area contributed by atoms with E-state index >= 15 is 0 Å². The molecule has 0 heterocycles. The van der Waals surface area contributed by atoms with Crippen molar-refractivity contribution in [3.63, 3.8) is 0 Å². The maximum Gasteiger partial charge on any atom is 0.173 e. The van der Waals surface area contributed by atoms with E-state index in [2.05, 4.69) is 15.9 Å². The Balaban J connectivity index is 2.45.